The van der Waals surface area contributed by atoms with Crippen molar-refractivity contribution >= 4 is 33.8 Å². The zero-order valence-corrected chi connectivity index (χ0v) is 12.6. The van der Waals surface area contributed by atoms with Crippen LogP contribution in [0.4, 0.5) is 4.79 Å². The van der Waals surface area contributed by atoms with Crippen LogP contribution in [0.5, 0.6) is 5.75 Å². The van der Waals surface area contributed by atoms with Gasteiger partial charge in [-0.2, -0.15) is 0 Å². The Bertz CT molecular complexity index is 421. The molecule has 1 aromatic rings. The Hall–Kier alpha value is -0.680. The third-order valence-electron chi connectivity index (χ3n) is 2.61. The molecule has 0 spiro atoms. The molecule has 0 unspecified atom stereocenters. The highest BCUT2D eigenvalue weighted by molar-refractivity contribution is 9.10. The maximum absolute atomic E-state index is 10.8. The van der Waals surface area contributed by atoms with E-state index in [-0.39, 0.29) is 10.7 Å². The Kier molecular flexibility index (Phi) is 4.89. The molecule has 0 aromatic heterocycles. The van der Waals surface area contributed by atoms with E-state index in [0.29, 0.717) is 6.54 Å². The van der Waals surface area contributed by atoms with E-state index in [4.69, 9.17) is 4.74 Å². The lowest BCUT2D eigenvalue weighted by molar-refractivity contribution is 0.259. The lowest BCUT2D eigenvalue weighted by atomic mass is 9.84. The van der Waals surface area contributed by atoms with E-state index in [1.54, 1.807) is 7.11 Å². The summed E-state index contributed by atoms with van der Waals surface area (Å²) in [5, 5.41) is 2.40. The van der Waals surface area contributed by atoms with Crippen molar-refractivity contribution in [3.63, 3.8) is 0 Å². The summed E-state index contributed by atoms with van der Waals surface area (Å²) >= 11 is 7.15. The van der Waals surface area contributed by atoms with Crippen LogP contribution >= 0.6 is 28.6 Å². The van der Waals surface area contributed by atoms with Crippen molar-refractivity contribution in [1.82, 2.24) is 5.32 Å². The molecular formula is C12H16BrNO2S. The summed E-state index contributed by atoms with van der Waals surface area (Å²) in [5.74, 6) is 0.794. The van der Waals surface area contributed by atoms with Crippen LogP contribution in [0, 0.1) is 0 Å². The fourth-order valence-electron chi connectivity index (χ4n) is 1.49. The number of ether oxygens (including phenoxy) is 1. The maximum atomic E-state index is 10.8. The van der Waals surface area contributed by atoms with Crippen molar-refractivity contribution < 1.29 is 9.53 Å². The molecule has 0 aliphatic carbocycles. The van der Waals surface area contributed by atoms with Gasteiger partial charge in [0.2, 0.25) is 0 Å². The van der Waals surface area contributed by atoms with Crippen molar-refractivity contribution in [2.24, 2.45) is 0 Å². The maximum Gasteiger partial charge on any atom is 0.276 e. The average Bonchev–Trinajstić information content (AvgIpc) is 2.26. The molecule has 1 N–H and O–H groups in total. The molecule has 0 heterocycles. The van der Waals surface area contributed by atoms with Gasteiger partial charge in [0.15, 0.2) is 0 Å². The quantitative estimate of drug-likeness (QED) is 0.835. The van der Waals surface area contributed by atoms with Gasteiger partial charge < -0.3 is 10.1 Å². The van der Waals surface area contributed by atoms with Crippen LogP contribution in [-0.2, 0) is 5.41 Å². The first kappa shape index (κ1) is 14.4. The molecule has 0 bridgehead atoms. The SMILES string of the molecule is COc1ccc(C(C)(C)CNC(=O)S)cc1Br. The second kappa shape index (κ2) is 5.78. The summed E-state index contributed by atoms with van der Waals surface area (Å²) in [6, 6.07) is 5.90. The molecule has 94 valence electrons. The van der Waals surface area contributed by atoms with Gasteiger partial charge in [0.25, 0.3) is 5.24 Å². The van der Waals surface area contributed by atoms with Crippen LogP contribution in [0.25, 0.3) is 0 Å². The van der Waals surface area contributed by atoms with Crippen molar-refractivity contribution in [2.75, 3.05) is 13.7 Å². The molecule has 5 heteroatoms. The Morgan fingerprint density at radius 2 is 2.18 bits per heavy atom. The summed E-state index contributed by atoms with van der Waals surface area (Å²) < 4.78 is 6.09. The van der Waals surface area contributed by atoms with Crippen molar-refractivity contribution in [1.29, 1.82) is 0 Å². The van der Waals surface area contributed by atoms with E-state index < -0.39 is 0 Å². The molecule has 17 heavy (non-hydrogen) atoms. The first-order chi connectivity index (χ1) is 7.86. The Morgan fingerprint density at radius 1 is 1.53 bits per heavy atom. The second-order valence-corrected chi connectivity index (χ2v) is 5.65. The highest BCUT2D eigenvalue weighted by Crippen LogP contribution is 2.31. The number of hydrogen-bond acceptors (Lipinski definition) is 2. The first-order valence-electron chi connectivity index (χ1n) is 5.17. The highest BCUT2D eigenvalue weighted by atomic mass is 79.9. The Balaban J connectivity index is 2.90. The van der Waals surface area contributed by atoms with Gasteiger partial charge in [0.05, 0.1) is 11.6 Å². The minimum absolute atomic E-state index is 0.160. The summed E-state index contributed by atoms with van der Waals surface area (Å²) in [6.45, 7) is 4.66. The fourth-order valence-corrected chi connectivity index (χ4v) is 2.11. The van der Waals surface area contributed by atoms with Gasteiger partial charge in [-0.3, -0.25) is 4.79 Å². The summed E-state index contributed by atoms with van der Waals surface area (Å²) in [6.07, 6.45) is 0. The Labute approximate surface area is 115 Å². The molecule has 0 saturated carbocycles. The van der Waals surface area contributed by atoms with E-state index in [2.05, 4.69) is 47.7 Å². The standard InChI is InChI=1S/C12H16BrNO2S/c1-12(2,7-14-11(15)17)8-4-5-10(16-3)9(13)6-8/h4-6H,7H2,1-3H3,(H2,14,15,17). The fraction of sp³-hybridized carbons (Fsp3) is 0.417. The lowest BCUT2D eigenvalue weighted by Gasteiger charge is -2.25. The molecule has 3 nitrogen and oxygen atoms in total. The van der Waals surface area contributed by atoms with Crippen molar-refractivity contribution in [3.8, 4) is 5.75 Å². The number of benzene rings is 1. The van der Waals surface area contributed by atoms with Gasteiger partial charge in [0, 0.05) is 12.0 Å². The number of nitrogens with one attached hydrogen (secondary N) is 1. The van der Waals surface area contributed by atoms with E-state index >= 15 is 0 Å². The van der Waals surface area contributed by atoms with Gasteiger partial charge in [-0.1, -0.05) is 32.5 Å². The summed E-state index contributed by atoms with van der Waals surface area (Å²) in [5.41, 5.74) is 0.958. The van der Waals surface area contributed by atoms with Crippen LogP contribution in [0.3, 0.4) is 0 Å². The molecule has 1 rings (SSSR count). The lowest BCUT2D eigenvalue weighted by Crippen LogP contribution is -2.34. The third-order valence-corrected chi connectivity index (χ3v) is 3.39. The zero-order valence-electron chi connectivity index (χ0n) is 10.1. The van der Waals surface area contributed by atoms with Crippen LogP contribution in [-0.4, -0.2) is 18.9 Å². The number of thiol groups is 1. The number of carbonyl (C=O) groups is 1. The number of amides is 1. The van der Waals surface area contributed by atoms with Gasteiger partial charge in [-0.15, -0.1) is 0 Å². The second-order valence-electron chi connectivity index (χ2n) is 4.39. The van der Waals surface area contributed by atoms with E-state index in [1.807, 2.05) is 18.2 Å². The number of carbonyl (C=O) groups excluding carboxylic acids is 1. The van der Waals surface area contributed by atoms with Crippen LogP contribution in [0.15, 0.2) is 22.7 Å². The topological polar surface area (TPSA) is 38.3 Å². The number of halogens is 1. The molecule has 0 saturated heterocycles. The largest absolute Gasteiger partial charge is 0.496 e. The number of methoxy groups -OCH3 is 1. The number of rotatable bonds is 4. The van der Waals surface area contributed by atoms with Gasteiger partial charge in [-0.05, 0) is 33.6 Å². The van der Waals surface area contributed by atoms with E-state index in [1.165, 1.54) is 0 Å². The monoisotopic (exact) mass is 317 g/mol. The van der Waals surface area contributed by atoms with Gasteiger partial charge in [-0.25, -0.2) is 0 Å². The van der Waals surface area contributed by atoms with Gasteiger partial charge in [0.1, 0.15) is 5.75 Å². The van der Waals surface area contributed by atoms with E-state index in [9.17, 15) is 4.79 Å². The summed E-state index contributed by atoms with van der Waals surface area (Å²) in [4.78, 5) is 10.8. The minimum Gasteiger partial charge on any atom is -0.496 e. The molecule has 1 aromatic carbocycles. The predicted molar refractivity (Wildman–Crippen MR) is 76.1 cm³/mol. The Morgan fingerprint density at radius 3 is 2.65 bits per heavy atom. The zero-order chi connectivity index (χ0) is 13.1. The van der Waals surface area contributed by atoms with Crippen LogP contribution < -0.4 is 10.1 Å². The van der Waals surface area contributed by atoms with Gasteiger partial charge >= 0.3 is 0 Å². The summed E-state index contributed by atoms with van der Waals surface area (Å²) in [7, 11) is 1.63. The third kappa shape index (κ3) is 3.92. The van der Waals surface area contributed by atoms with Crippen molar-refractivity contribution in [3.05, 3.63) is 28.2 Å². The molecule has 1 amide bonds. The van der Waals surface area contributed by atoms with Crippen LogP contribution in [0.2, 0.25) is 0 Å². The molecule has 0 aliphatic heterocycles. The average molecular weight is 318 g/mol. The molecule has 0 aliphatic rings. The number of hydrogen-bond donors (Lipinski definition) is 2. The predicted octanol–water partition coefficient (Wildman–Crippen LogP) is 3.37. The molecular weight excluding hydrogens is 302 g/mol. The van der Waals surface area contributed by atoms with Crippen LogP contribution in [0.1, 0.15) is 19.4 Å². The highest BCUT2D eigenvalue weighted by Gasteiger charge is 2.21. The first-order valence-corrected chi connectivity index (χ1v) is 6.41. The van der Waals surface area contributed by atoms with E-state index in [0.717, 1.165) is 15.8 Å². The molecule has 0 radical (unpaired) electrons. The molecule has 0 fully saturated rings. The normalized spacial score (nSPS) is 11.1. The molecule has 0 atom stereocenters. The van der Waals surface area contributed by atoms with Crippen molar-refractivity contribution in [2.45, 2.75) is 19.3 Å². The smallest absolute Gasteiger partial charge is 0.276 e. The minimum atomic E-state index is -0.314.